The molecule has 1 N–H and O–H groups in total. The largest absolute Gasteiger partial charge is 0.367 e. The van der Waals surface area contributed by atoms with E-state index < -0.39 is 0 Å². The van der Waals surface area contributed by atoms with Crippen molar-refractivity contribution in [1.82, 2.24) is 4.98 Å². The molecule has 11 heavy (non-hydrogen) atoms. The van der Waals surface area contributed by atoms with Crippen LogP contribution in [0.1, 0.15) is 11.1 Å². The van der Waals surface area contributed by atoms with Gasteiger partial charge in [-0.05, 0) is 11.1 Å². The fourth-order valence-electron chi connectivity index (χ4n) is 0.928. The van der Waals surface area contributed by atoms with Crippen molar-refractivity contribution in [3.63, 3.8) is 0 Å². The molecule has 0 fully saturated rings. The second-order valence-corrected chi connectivity index (χ2v) is 2.18. The normalized spacial score (nSPS) is 8.55. The highest BCUT2D eigenvalue weighted by Crippen LogP contribution is 2.08. The Hall–Kier alpha value is -1.74. The van der Waals surface area contributed by atoms with Crippen LogP contribution in [0.4, 0.5) is 0 Å². The van der Waals surface area contributed by atoms with Crippen LogP contribution in [0.5, 0.6) is 0 Å². The van der Waals surface area contributed by atoms with E-state index in [1.54, 1.807) is 12.4 Å². The van der Waals surface area contributed by atoms with Crippen LogP contribution in [0.2, 0.25) is 0 Å². The summed E-state index contributed by atoms with van der Waals surface area (Å²) < 4.78 is 0. The zero-order valence-electron chi connectivity index (χ0n) is 5.96. The Morgan fingerprint density at radius 3 is 1.91 bits per heavy atom. The number of aromatic amines is 1. The molecule has 1 aromatic heterocycles. The summed E-state index contributed by atoms with van der Waals surface area (Å²) in [6.45, 7) is 0. The molecule has 0 saturated carbocycles. The maximum absolute atomic E-state index is 8.38. The Balaban J connectivity index is 2.82. The Morgan fingerprint density at radius 1 is 1.09 bits per heavy atom. The highest BCUT2D eigenvalue weighted by Gasteiger charge is 2.00. The van der Waals surface area contributed by atoms with Gasteiger partial charge < -0.3 is 4.98 Å². The lowest BCUT2D eigenvalue weighted by atomic mass is 10.1. The lowest BCUT2D eigenvalue weighted by Gasteiger charge is -1.90. The lowest BCUT2D eigenvalue weighted by Crippen LogP contribution is -1.85. The van der Waals surface area contributed by atoms with Crippen molar-refractivity contribution >= 4 is 0 Å². The number of aromatic nitrogens is 1. The zero-order chi connectivity index (χ0) is 8.10. The van der Waals surface area contributed by atoms with Gasteiger partial charge in [0.15, 0.2) is 0 Å². The van der Waals surface area contributed by atoms with E-state index in [2.05, 4.69) is 4.98 Å². The van der Waals surface area contributed by atoms with Gasteiger partial charge >= 0.3 is 0 Å². The van der Waals surface area contributed by atoms with Crippen molar-refractivity contribution < 1.29 is 0 Å². The summed E-state index contributed by atoms with van der Waals surface area (Å²) in [4.78, 5) is 2.87. The van der Waals surface area contributed by atoms with Crippen LogP contribution < -0.4 is 0 Å². The third-order valence-electron chi connectivity index (χ3n) is 1.47. The molecule has 3 nitrogen and oxygen atoms in total. The van der Waals surface area contributed by atoms with Gasteiger partial charge in [-0.3, -0.25) is 0 Å². The molecule has 1 heterocycles. The monoisotopic (exact) mass is 145 g/mol. The first-order valence-electron chi connectivity index (χ1n) is 3.27. The number of hydrogen-bond donors (Lipinski definition) is 1. The minimum Gasteiger partial charge on any atom is -0.367 e. The Morgan fingerprint density at radius 2 is 1.55 bits per heavy atom. The Kier molecular flexibility index (Phi) is 2.30. The maximum atomic E-state index is 8.38. The van der Waals surface area contributed by atoms with Gasteiger partial charge in [0.1, 0.15) is 0 Å². The molecule has 0 aliphatic carbocycles. The molecule has 0 unspecified atom stereocenters. The minimum atomic E-state index is 0.376. The van der Waals surface area contributed by atoms with Crippen LogP contribution in [0, 0.1) is 22.7 Å². The third kappa shape index (κ3) is 1.59. The van der Waals surface area contributed by atoms with Gasteiger partial charge in [-0.2, -0.15) is 10.5 Å². The molecule has 0 aromatic carbocycles. The molecule has 3 heteroatoms. The van der Waals surface area contributed by atoms with Crippen LogP contribution in [-0.4, -0.2) is 4.98 Å². The van der Waals surface area contributed by atoms with Gasteiger partial charge in [-0.1, -0.05) is 0 Å². The van der Waals surface area contributed by atoms with E-state index in [4.69, 9.17) is 10.5 Å². The first kappa shape index (κ1) is 7.37. The topological polar surface area (TPSA) is 63.4 Å². The summed E-state index contributed by atoms with van der Waals surface area (Å²) in [6, 6.07) is 4.08. The second-order valence-electron chi connectivity index (χ2n) is 2.18. The summed E-state index contributed by atoms with van der Waals surface area (Å²) in [5.74, 6) is 0. The van der Waals surface area contributed by atoms with Gasteiger partial charge in [0.05, 0.1) is 25.0 Å². The quantitative estimate of drug-likeness (QED) is 0.678. The number of nitrogens with zero attached hydrogens (tertiary/aromatic N) is 2. The first-order chi connectivity index (χ1) is 5.38. The van der Waals surface area contributed by atoms with Gasteiger partial charge in [-0.25, -0.2) is 0 Å². The maximum Gasteiger partial charge on any atom is 0.0670 e. The molecule has 0 bridgehead atoms. The second kappa shape index (κ2) is 3.43. The predicted molar refractivity (Wildman–Crippen MR) is 39.4 cm³/mol. The van der Waals surface area contributed by atoms with Gasteiger partial charge in [0.25, 0.3) is 0 Å². The number of hydrogen-bond acceptors (Lipinski definition) is 2. The first-order valence-corrected chi connectivity index (χ1v) is 3.27. The van der Waals surface area contributed by atoms with Crippen LogP contribution >= 0.6 is 0 Å². The summed E-state index contributed by atoms with van der Waals surface area (Å²) in [6.07, 6.45) is 4.27. The van der Waals surface area contributed by atoms with Crippen LogP contribution in [-0.2, 0) is 12.8 Å². The smallest absolute Gasteiger partial charge is 0.0670 e. The molecule has 1 aromatic rings. The minimum absolute atomic E-state index is 0.376. The van der Waals surface area contributed by atoms with Crippen molar-refractivity contribution in [3.8, 4) is 12.1 Å². The van der Waals surface area contributed by atoms with Crippen LogP contribution in [0.25, 0.3) is 0 Å². The van der Waals surface area contributed by atoms with Crippen molar-refractivity contribution in [2.24, 2.45) is 0 Å². The third-order valence-corrected chi connectivity index (χ3v) is 1.47. The number of nitriles is 2. The zero-order valence-corrected chi connectivity index (χ0v) is 5.96. The standard InChI is InChI=1S/C8H7N3/c9-3-1-7-5-11-6-8(7)2-4-10/h5-6,11H,1-2H2. The number of H-pyrrole nitrogens is 1. The highest BCUT2D eigenvalue weighted by atomic mass is 14.6. The van der Waals surface area contributed by atoms with Gasteiger partial charge in [-0.15, -0.1) is 0 Å². The van der Waals surface area contributed by atoms with E-state index in [9.17, 15) is 0 Å². The van der Waals surface area contributed by atoms with Crippen molar-refractivity contribution in [1.29, 1.82) is 10.5 Å². The molecule has 0 atom stereocenters. The van der Waals surface area contributed by atoms with Crippen molar-refractivity contribution in [2.75, 3.05) is 0 Å². The van der Waals surface area contributed by atoms with Crippen molar-refractivity contribution in [2.45, 2.75) is 12.8 Å². The fourth-order valence-corrected chi connectivity index (χ4v) is 0.928. The average molecular weight is 145 g/mol. The van der Waals surface area contributed by atoms with Crippen LogP contribution in [0.3, 0.4) is 0 Å². The Bertz CT molecular complexity index is 280. The number of nitrogens with one attached hydrogen (secondary N) is 1. The predicted octanol–water partition coefficient (Wildman–Crippen LogP) is 1.15. The fraction of sp³-hybridized carbons (Fsp3) is 0.250. The van der Waals surface area contributed by atoms with Gasteiger partial charge in [0.2, 0.25) is 0 Å². The Labute approximate surface area is 64.9 Å². The van der Waals surface area contributed by atoms with Crippen molar-refractivity contribution in [3.05, 3.63) is 23.5 Å². The molecule has 0 aliphatic heterocycles. The van der Waals surface area contributed by atoms with E-state index >= 15 is 0 Å². The molecule has 0 amide bonds. The van der Waals surface area contributed by atoms with Gasteiger partial charge in [0, 0.05) is 12.4 Å². The molecule has 0 radical (unpaired) electrons. The molecule has 54 valence electrons. The number of rotatable bonds is 2. The molecular formula is C8H7N3. The van der Waals surface area contributed by atoms with Crippen LogP contribution in [0.15, 0.2) is 12.4 Å². The summed E-state index contributed by atoms with van der Waals surface area (Å²) in [5.41, 5.74) is 1.85. The molecule has 0 saturated heterocycles. The molecule has 0 spiro atoms. The van der Waals surface area contributed by atoms with E-state index in [1.807, 2.05) is 12.1 Å². The van der Waals surface area contributed by atoms with E-state index in [-0.39, 0.29) is 0 Å². The van der Waals surface area contributed by atoms with E-state index in [0.717, 1.165) is 11.1 Å². The summed E-state index contributed by atoms with van der Waals surface area (Å²) >= 11 is 0. The summed E-state index contributed by atoms with van der Waals surface area (Å²) in [5, 5.41) is 16.8. The molecule has 0 aliphatic rings. The highest BCUT2D eigenvalue weighted by molar-refractivity contribution is 5.28. The summed E-state index contributed by atoms with van der Waals surface area (Å²) in [7, 11) is 0. The molecular weight excluding hydrogens is 138 g/mol. The van der Waals surface area contributed by atoms with E-state index in [1.165, 1.54) is 0 Å². The average Bonchev–Trinajstić information content (AvgIpc) is 2.39. The SMILES string of the molecule is N#CCc1c[nH]cc1CC#N. The van der Waals surface area contributed by atoms with E-state index in [0.29, 0.717) is 12.8 Å². The lowest BCUT2D eigenvalue weighted by molar-refractivity contribution is 1.18. The molecule has 1 rings (SSSR count).